The van der Waals surface area contributed by atoms with Gasteiger partial charge in [0.25, 0.3) is 0 Å². The summed E-state index contributed by atoms with van der Waals surface area (Å²) in [6, 6.07) is 0. The third kappa shape index (κ3) is 3.08. The zero-order valence-corrected chi connectivity index (χ0v) is 20.2. The minimum Gasteiger partial charge on any atom is -0.396 e. The van der Waals surface area contributed by atoms with Crippen LogP contribution in [0.4, 0.5) is 0 Å². The van der Waals surface area contributed by atoms with E-state index in [0.29, 0.717) is 23.4 Å². The van der Waals surface area contributed by atoms with Gasteiger partial charge in [0.1, 0.15) is 0 Å². The summed E-state index contributed by atoms with van der Waals surface area (Å²) in [6.07, 6.45) is 16.3. The van der Waals surface area contributed by atoms with Crippen molar-refractivity contribution < 1.29 is 19.7 Å². The lowest BCUT2D eigenvalue weighted by Crippen LogP contribution is -2.56. The fourth-order valence-corrected chi connectivity index (χ4v) is 9.73. The van der Waals surface area contributed by atoms with E-state index < -0.39 is 5.60 Å². The third-order valence-electron chi connectivity index (χ3n) is 11.4. The predicted molar refractivity (Wildman–Crippen MR) is 124 cm³/mol. The van der Waals surface area contributed by atoms with Crippen LogP contribution in [0.15, 0.2) is 11.6 Å². The molecule has 5 aliphatic carbocycles. The standard InChI is InChI=1S/C28H44O4/c1-26-12-9-19(32-24-6-3-4-15-31-24)16-18(26)7-8-20-22(26)10-13-27(2)25(20)21-17-23(21)28(27,30)11-5-14-29/h7,19-25,29-30H,3-6,8-17H2,1-2H3/t19-,20+,21+,22-,23-,24?,25+,26-,27-,28-/m0/s1. The molecule has 6 aliphatic rings. The molecule has 0 aromatic rings. The van der Waals surface area contributed by atoms with Crippen LogP contribution in [-0.2, 0) is 9.47 Å². The molecule has 2 N–H and O–H groups in total. The Morgan fingerprint density at radius 2 is 1.97 bits per heavy atom. The van der Waals surface area contributed by atoms with Gasteiger partial charge in [-0.25, -0.2) is 0 Å². The second kappa shape index (κ2) is 7.80. The quantitative estimate of drug-likeness (QED) is 0.571. The molecule has 1 heterocycles. The molecule has 1 saturated heterocycles. The molecule has 1 aliphatic heterocycles. The summed E-state index contributed by atoms with van der Waals surface area (Å²) in [4.78, 5) is 0. The van der Waals surface area contributed by atoms with Gasteiger partial charge in [0, 0.05) is 13.2 Å². The fourth-order valence-electron chi connectivity index (χ4n) is 9.73. The molecule has 6 rings (SSSR count). The maximum Gasteiger partial charge on any atom is 0.157 e. The van der Waals surface area contributed by atoms with Crippen LogP contribution in [0.2, 0.25) is 0 Å². The molecule has 0 aromatic carbocycles. The Balaban J connectivity index is 1.21. The monoisotopic (exact) mass is 444 g/mol. The Morgan fingerprint density at radius 1 is 1.09 bits per heavy atom. The molecular formula is C28H44O4. The van der Waals surface area contributed by atoms with Crippen LogP contribution in [0.25, 0.3) is 0 Å². The summed E-state index contributed by atoms with van der Waals surface area (Å²) in [5.74, 6) is 3.35. The van der Waals surface area contributed by atoms with Gasteiger partial charge in [-0.1, -0.05) is 25.5 Å². The SMILES string of the molecule is C[C@]12CC[C@H](OC3CCCCO3)CC1=CC[C@H]1[C@@H]3[C@@H]4C[C@@H]4[C@@](O)(CCCO)[C@@]3(C)CC[C@@H]12. The maximum atomic E-state index is 11.9. The molecule has 32 heavy (non-hydrogen) atoms. The topological polar surface area (TPSA) is 58.9 Å². The second-order valence-corrected chi connectivity index (χ2v) is 12.7. The minimum absolute atomic E-state index is 0.0207. The summed E-state index contributed by atoms with van der Waals surface area (Å²) in [6.45, 7) is 6.02. The van der Waals surface area contributed by atoms with E-state index in [2.05, 4.69) is 19.9 Å². The normalized spacial score (nSPS) is 54.1. The molecule has 180 valence electrons. The van der Waals surface area contributed by atoms with Crippen LogP contribution in [-0.4, -0.2) is 41.4 Å². The van der Waals surface area contributed by atoms with Gasteiger partial charge in [-0.15, -0.1) is 0 Å². The van der Waals surface area contributed by atoms with Gasteiger partial charge in [-0.2, -0.15) is 0 Å². The van der Waals surface area contributed by atoms with Crippen molar-refractivity contribution in [3.8, 4) is 0 Å². The molecule has 0 bridgehead atoms. The number of aliphatic hydroxyl groups is 2. The number of aliphatic hydroxyl groups excluding tert-OH is 1. The van der Waals surface area contributed by atoms with Crippen LogP contribution in [0.3, 0.4) is 0 Å². The number of hydrogen-bond acceptors (Lipinski definition) is 4. The smallest absolute Gasteiger partial charge is 0.157 e. The Bertz CT molecular complexity index is 759. The van der Waals surface area contributed by atoms with E-state index in [4.69, 9.17) is 9.47 Å². The lowest BCUT2D eigenvalue weighted by molar-refractivity contribution is -0.196. The molecule has 0 amide bonds. The molecule has 4 heteroatoms. The van der Waals surface area contributed by atoms with Gasteiger partial charge >= 0.3 is 0 Å². The van der Waals surface area contributed by atoms with Gasteiger partial charge in [0.05, 0.1) is 11.7 Å². The molecule has 0 aromatic heterocycles. The third-order valence-corrected chi connectivity index (χ3v) is 11.4. The minimum atomic E-state index is -0.549. The van der Waals surface area contributed by atoms with Crippen molar-refractivity contribution in [2.45, 2.75) is 109 Å². The predicted octanol–water partition coefficient (Wildman–Crippen LogP) is 5.22. The zero-order chi connectivity index (χ0) is 22.1. The van der Waals surface area contributed by atoms with Crippen molar-refractivity contribution in [2.75, 3.05) is 13.2 Å². The van der Waals surface area contributed by atoms with Gasteiger partial charge in [0.15, 0.2) is 6.29 Å². The second-order valence-electron chi connectivity index (χ2n) is 12.7. The Hall–Kier alpha value is -0.420. The maximum absolute atomic E-state index is 11.9. The summed E-state index contributed by atoms with van der Waals surface area (Å²) < 4.78 is 12.3. The molecular weight excluding hydrogens is 400 g/mol. The molecule has 4 nitrogen and oxygen atoms in total. The van der Waals surface area contributed by atoms with E-state index in [9.17, 15) is 10.2 Å². The van der Waals surface area contributed by atoms with E-state index in [0.717, 1.165) is 62.9 Å². The lowest BCUT2D eigenvalue weighted by atomic mass is 9.45. The first-order valence-corrected chi connectivity index (χ1v) is 13.7. The van der Waals surface area contributed by atoms with Gasteiger partial charge in [-0.3, -0.25) is 0 Å². The van der Waals surface area contributed by atoms with Crippen molar-refractivity contribution >= 4 is 0 Å². The Morgan fingerprint density at radius 3 is 2.75 bits per heavy atom. The van der Waals surface area contributed by atoms with Gasteiger partial charge < -0.3 is 19.7 Å². The van der Waals surface area contributed by atoms with Gasteiger partial charge in [-0.05, 0) is 117 Å². The Kier molecular flexibility index (Phi) is 5.38. The van der Waals surface area contributed by atoms with Crippen LogP contribution in [0, 0.1) is 40.4 Å². The number of rotatable bonds is 5. The number of allylic oxidation sites excluding steroid dienone is 1. The molecule has 10 atom stereocenters. The largest absolute Gasteiger partial charge is 0.396 e. The van der Waals surface area contributed by atoms with E-state index in [1.807, 2.05) is 0 Å². The molecule has 4 saturated carbocycles. The van der Waals surface area contributed by atoms with Crippen molar-refractivity contribution in [2.24, 2.45) is 40.4 Å². The van der Waals surface area contributed by atoms with Crippen molar-refractivity contribution in [1.29, 1.82) is 0 Å². The fraction of sp³-hybridized carbons (Fsp3) is 0.929. The van der Waals surface area contributed by atoms with Crippen LogP contribution >= 0.6 is 0 Å². The van der Waals surface area contributed by atoms with Crippen LogP contribution in [0.5, 0.6) is 0 Å². The first-order chi connectivity index (χ1) is 15.4. The van der Waals surface area contributed by atoms with Gasteiger partial charge in [0.2, 0.25) is 0 Å². The highest BCUT2D eigenvalue weighted by Crippen LogP contribution is 2.77. The highest BCUT2D eigenvalue weighted by molar-refractivity contribution is 5.30. The average molecular weight is 445 g/mol. The molecule has 5 fully saturated rings. The van der Waals surface area contributed by atoms with E-state index in [-0.39, 0.29) is 18.3 Å². The summed E-state index contributed by atoms with van der Waals surface area (Å²) in [5, 5.41) is 21.4. The van der Waals surface area contributed by atoms with Crippen LogP contribution < -0.4 is 0 Å². The van der Waals surface area contributed by atoms with E-state index in [1.54, 1.807) is 5.57 Å². The first-order valence-electron chi connectivity index (χ1n) is 13.7. The van der Waals surface area contributed by atoms with Crippen LogP contribution in [0.1, 0.15) is 90.9 Å². The summed E-state index contributed by atoms with van der Waals surface area (Å²) >= 11 is 0. The van der Waals surface area contributed by atoms with E-state index in [1.165, 1.54) is 38.5 Å². The van der Waals surface area contributed by atoms with Crippen molar-refractivity contribution in [3.63, 3.8) is 0 Å². The van der Waals surface area contributed by atoms with E-state index >= 15 is 0 Å². The highest BCUT2D eigenvalue weighted by atomic mass is 16.7. The molecule has 0 spiro atoms. The Labute approximate surface area is 194 Å². The first kappa shape index (κ1) is 22.1. The number of ether oxygens (including phenoxy) is 2. The highest BCUT2D eigenvalue weighted by Gasteiger charge is 2.75. The average Bonchev–Trinajstić information content (AvgIpc) is 3.55. The summed E-state index contributed by atoms with van der Waals surface area (Å²) in [7, 11) is 0. The molecule has 0 radical (unpaired) electrons. The lowest BCUT2D eigenvalue weighted by Gasteiger charge is -2.60. The zero-order valence-electron chi connectivity index (χ0n) is 20.2. The number of hydrogen-bond donors (Lipinski definition) is 2. The summed E-state index contributed by atoms with van der Waals surface area (Å²) in [5.41, 5.74) is 1.47. The van der Waals surface area contributed by atoms with Crippen molar-refractivity contribution in [1.82, 2.24) is 0 Å². The van der Waals surface area contributed by atoms with Crippen molar-refractivity contribution in [3.05, 3.63) is 11.6 Å². The molecule has 1 unspecified atom stereocenters. The number of fused-ring (bicyclic) bond motifs is 7.